The number of nitrogens with zero attached hydrogens (tertiary/aromatic N) is 2. The number of carbonyl (C=O) groups is 1. The Balaban J connectivity index is 1.87. The molecule has 3 rings (SSSR count). The number of nitro groups is 1. The van der Waals surface area contributed by atoms with Crippen molar-refractivity contribution in [3.63, 3.8) is 0 Å². The third kappa shape index (κ3) is 3.15. The Labute approximate surface area is 146 Å². The third-order valence-corrected chi connectivity index (χ3v) is 4.61. The zero-order valence-corrected chi connectivity index (χ0v) is 13.7. The van der Waals surface area contributed by atoms with Gasteiger partial charge in [0.15, 0.2) is 4.32 Å². The predicted octanol–water partition coefficient (Wildman–Crippen LogP) is 3.71. The number of amides is 1. The summed E-state index contributed by atoms with van der Waals surface area (Å²) < 4.78 is 0.388. The van der Waals surface area contributed by atoms with Crippen LogP contribution in [0.3, 0.4) is 0 Å². The first-order valence-electron chi connectivity index (χ1n) is 6.77. The van der Waals surface area contributed by atoms with Gasteiger partial charge in [-0.1, -0.05) is 24.0 Å². The molecule has 1 heterocycles. The standard InChI is InChI=1S/C16H10N2O4S2/c19-13-7-5-11(6-8-13)17-15(20)14(24-16(17)23)9-10-1-3-12(4-2-10)18(21)22/h1-9,19H. The van der Waals surface area contributed by atoms with E-state index in [0.717, 1.165) is 11.8 Å². The van der Waals surface area contributed by atoms with Crippen LogP contribution in [-0.2, 0) is 4.79 Å². The molecular weight excluding hydrogens is 348 g/mol. The molecule has 2 aromatic rings. The number of hydrogen-bond donors (Lipinski definition) is 1. The molecule has 0 spiro atoms. The molecule has 1 aliphatic heterocycles. The van der Waals surface area contributed by atoms with E-state index in [0.29, 0.717) is 20.5 Å². The maximum atomic E-state index is 12.6. The molecule has 1 fully saturated rings. The Hall–Kier alpha value is -2.71. The lowest BCUT2D eigenvalue weighted by molar-refractivity contribution is -0.384. The molecular formula is C16H10N2O4S2. The number of phenols is 1. The lowest BCUT2D eigenvalue weighted by Gasteiger charge is -2.14. The molecule has 1 saturated heterocycles. The number of hydrogen-bond acceptors (Lipinski definition) is 6. The van der Waals surface area contributed by atoms with Crippen LogP contribution in [0.15, 0.2) is 53.4 Å². The predicted molar refractivity (Wildman–Crippen MR) is 96.9 cm³/mol. The van der Waals surface area contributed by atoms with Crippen LogP contribution in [0, 0.1) is 10.1 Å². The summed E-state index contributed by atoms with van der Waals surface area (Å²) in [6, 6.07) is 12.1. The van der Waals surface area contributed by atoms with Crippen LogP contribution in [0.1, 0.15) is 5.56 Å². The zero-order valence-electron chi connectivity index (χ0n) is 12.1. The Morgan fingerprint density at radius 1 is 1.12 bits per heavy atom. The molecule has 8 heteroatoms. The van der Waals surface area contributed by atoms with Crippen molar-refractivity contribution in [1.29, 1.82) is 0 Å². The number of rotatable bonds is 3. The zero-order chi connectivity index (χ0) is 17.3. The van der Waals surface area contributed by atoms with E-state index in [-0.39, 0.29) is 17.3 Å². The van der Waals surface area contributed by atoms with E-state index in [1.54, 1.807) is 30.3 Å². The Kier molecular flexibility index (Phi) is 4.32. The number of thiocarbonyl (C=S) groups is 1. The highest BCUT2D eigenvalue weighted by Gasteiger charge is 2.33. The number of aromatic hydroxyl groups is 1. The van der Waals surface area contributed by atoms with Gasteiger partial charge in [-0.15, -0.1) is 0 Å². The summed E-state index contributed by atoms with van der Waals surface area (Å²) in [6.07, 6.45) is 1.64. The molecule has 120 valence electrons. The summed E-state index contributed by atoms with van der Waals surface area (Å²) >= 11 is 6.41. The molecule has 2 aromatic carbocycles. The molecule has 0 saturated carbocycles. The van der Waals surface area contributed by atoms with Crippen molar-refractivity contribution in [2.75, 3.05) is 4.90 Å². The van der Waals surface area contributed by atoms with Gasteiger partial charge in [-0.3, -0.25) is 19.8 Å². The summed E-state index contributed by atoms with van der Waals surface area (Å²) in [4.78, 5) is 24.6. The van der Waals surface area contributed by atoms with Gasteiger partial charge in [0.2, 0.25) is 0 Å². The highest BCUT2D eigenvalue weighted by atomic mass is 32.2. The molecule has 1 aliphatic rings. The normalized spacial score (nSPS) is 16.0. The first-order chi connectivity index (χ1) is 11.5. The van der Waals surface area contributed by atoms with Crippen molar-refractivity contribution < 1.29 is 14.8 Å². The summed E-state index contributed by atoms with van der Waals surface area (Å²) in [5, 5.41) is 20.0. The smallest absolute Gasteiger partial charge is 0.270 e. The molecule has 24 heavy (non-hydrogen) atoms. The quantitative estimate of drug-likeness (QED) is 0.390. The first kappa shape index (κ1) is 16.2. The number of phenolic OH excluding ortho intramolecular Hbond substituents is 1. The molecule has 6 nitrogen and oxygen atoms in total. The van der Waals surface area contributed by atoms with Crippen LogP contribution in [0.5, 0.6) is 5.75 Å². The van der Waals surface area contributed by atoms with Crippen molar-refractivity contribution in [3.8, 4) is 5.75 Å². The molecule has 0 unspecified atom stereocenters. The topological polar surface area (TPSA) is 83.7 Å². The first-order valence-corrected chi connectivity index (χ1v) is 7.99. The van der Waals surface area contributed by atoms with E-state index >= 15 is 0 Å². The van der Waals surface area contributed by atoms with Crippen LogP contribution in [0.4, 0.5) is 11.4 Å². The fraction of sp³-hybridized carbons (Fsp3) is 0. The van der Waals surface area contributed by atoms with E-state index in [1.165, 1.54) is 29.2 Å². The van der Waals surface area contributed by atoms with Crippen LogP contribution in [0.2, 0.25) is 0 Å². The maximum Gasteiger partial charge on any atom is 0.270 e. The number of non-ortho nitro benzene ring substituents is 1. The SMILES string of the molecule is O=C1C(=Cc2ccc([N+](=O)[O-])cc2)SC(=S)N1c1ccc(O)cc1. The molecule has 0 aliphatic carbocycles. The van der Waals surface area contributed by atoms with Gasteiger partial charge < -0.3 is 5.11 Å². The second kappa shape index (κ2) is 6.42. The van der Waals surface area contributed by atoms with E-state index in [4.69, 9.17) is 12.2 Å². The number of benzene rings is 2. The van der Waals surface area contributed by atoms with Gasteiger partial charge in [0.05, 0.1) is 15.5 Å². The van der Waals surface area contributed by atoms with E-state index in [1.807, 2.05) is 0 Å². The van der Waals surface area contributed by atoms with E-state index in [9.17, 15) is 20.0 Å². The minimum Gasteiger partial charge on any atom is -0.508 e. The molecule has 1 amide bonds. The lowest BCUT2D eigenvalue weighted by atomic mass is 10.2. The fourth-order valence-electron chi connectivity index (χ4n) is 2.14. The van der Waals surface area contributed by atoms with Crippen molar-refractivity contribution in [2.24, 2.45) is 0 Å². The van der Waals surface area contributed by atoms with Gasteiger partial charge in [-0.05, 0) is 48.0 Å². The van der Waals surface area contributed by atoms with Crippen LogP contribution in [-0.4, -0.2) is 20.3 Å². The Morgan fingerprint density at radius 2 is 1.75 bits per heavy atom. The van der Waals surface area contributed by atoms with Crippen molar-refractivity contribution in [1.82, 2.24) is 0 Å². The van der Waals surface area contributed by atoms with Gasteiger partial charge in [0, 0.05) is 12.1 Å². The van der Waals surface area contributed by atoms with Crippen LogP contribution < -0.4 is 4.90 Å². The number of carbonyl (C=O) groups excluding carboxylic acids is 1. The highest BCUT2D eigenvalue weighted by Crippen LogP contribution is 2.36. The molecule has 0 aromatic heterocycles. The van der Waals surface area contributed by atoms with Crippen molar-refractivity contribution in [2.45, 2.75) is 0 Å². The second-order valence-corrected chi connectivity index (χ2v) is 6.56. The second-order valence-electron chi connectivity index (χ2n) is 4.88. The summed E-state index contributed by atoms with van der Waals surface area (Å²) in [5.41, 5.74) is 1.23. The molecule has 0 bridgehead atoms. The highest BCUT2D eigenvalue weighted by molar-refractivity contribution is 8.27. The van der Waals surface area contributed by atoms with Gasteiger partial charge in [0.25, 0.3) is 11.6 Å². The van der Waals surface area contributed by atoms with Gasteiger partial charge >= 0.3 is 0 Å². The Bertz CT molecular complexity index is 861. The van der Waals surface area contributed by atoms with Gasteiger partial charge in [-0.2, -0.15) is 0 Å². The van der Waals surface area contributed by atoms with Crippen LogP contribution >= 0.6 is 24.0 Å². The lowest BCUT2D eigenvalue weighted by Crippen LogP contribution is -2.27. The van der Waals surface area contributed by atoms with Crippen molar-refractivity contribution in [3.05, 3.63) is 69.1 Å². The summed E-state index contributed by atoms with van der Waals surface area (Å²) in [7, 11) is 0. The summed E-state index contributed by atoms with van der Waals surface area (Å²) in [5.74, 6) is -0.167. The average molecular weight is 358 g/mol. The van der Waals surface area contributed by atoms with Gasteiger partial charge in [-0.25, -0.2) is 0 Å². The van der Waals surface area contributed by atoms with E-state index in [2.05, 4.69) is 0 Å². The fourth-order valence-corrected chi connectivity index (χ4v) is 3.43. The molecule has 0 radical (unpaired) electrons. The minimum absolute atomic E-state index is 0.0104. The minimum atomic E-state index is -0.478. The Morgan fingerprint density at radius 3 is 2.33 bits per heavy atom. The number of anilines is 1. The maximum absolute atomic E-state index is 12.6. The summed E-state index contributed by atoms with van der Waals surface area (Å²) in [6.45, 7) is 0. The average Bonchev–Trinajstić information content (AvgIpc) is 2.83. The van der Waals surface area contributed by atoms with Gasteiger partial charge in [0.1, 0.15) is 5.75 Å². The monoisotopic (exact) mass is 358 g/mol. The molecule has 0 atom stereocenters. The van der Waals surface area contributed by atoms with Crippen LogP contribution in [0.25, 0.3) is 6.08 Å². The largest absolute Gasteiger partial charge is 0.508 e. The van der Waals surface area contributed by atoms with E-state index < -0.39 is 4.92 Å². The third-order valence-electron chi connectivity index (χ3n) is 3.30. The molecule has 1 N–H and O–H groups in total. The van der Waals surface area contributed by atoms with Crippen molar-refractivity contribution >= 4 is 51.7 Å². The number of nitro benzene ring substituents is 1. The number of thioether (sulfide) groups is 1.